The van der Waals surface area contributed by atoms with Gasteiger partial charge in [-0.05, 0) is 31.4 Å². The molecular weight excluding hydrogens is 280 g/mol. The number of carbonyl (C=O) groups is 1. The Morgan fingerprint density at radius 1 is 1.33 bits per heavy atom. The summed E-state index contributed by atoms with van der Waals surface area (Å²) < 4.78 is 27.0. The lowest BCUT2D eigenvalue weighted by Gasteiger charge is -2.31. The van der Waals surface area contributed by atoms with Crippen LogP contribution in [0.4, 0.5) is 8.78 Å². The Morgan fingerprint density at radius 3 is 2.38 bits per heavy atom. The quantitative estimate of drug-likeness (QED) is 0.337. The molecule has 0 saturated heterocycles. The third-order valence-electron chi connectivity index (χ3n) is 3.65. The summed E-state index contributed by atoms with van der Waals surface area (Å²) in [7, 11) is 0. The second kappa shape index (κ2) is 6.51. The summed E-state index contributed by atoms with van der Waals surface area (Å²) in [4.78, 5) is 12.2. The molecule has 0 saturated carbocycles. The second-order valence-corrected chi connectivity index (χ2v) is 4.81. The zero-order valence-electron chi connectivity index (χ0n) is 12.2. The van der Waals surface area contributed by atoms with Gasteiger partial charge in [0, 0.05) is 6.07 Å². The van der Waals surface area contributed by atoms with Crippen LogP contribution in [-0.2, 0) is 0 Å². The molecule has 0 radical (unpaired) electrons. The van der Waals surface area contributed by atoms with Crippen LogP contribution in [0.2, 0.25) is 0 Å². The molecule has 0 heterocycles. The van der Waals surface area contributed by atoms with E-state index in [1.165, 1.54) is 6.92 Å². The van der Waals surface area contributed by atoms with E-state index in [0.717, 1.165) is 6.07 Å². The molecule has 0 aromatic heterocycles. The fourth-order valence-corrected chi connectivity index (χ4v) is 2.06. The molecule has 1 aromatic rings. The lowest BCUT2D eigenvalue weighted by molar-refractivity contribution is 0.0913. The molecule has 5 nitrogen and oxygen atoms in total. The van der Waals surface area contributed by atoms with Crippen molar-refractivity contribution in [2.45, 2.75) is 39.2 Å². The number of amides is 1. The van der Waals surface area contributed by atoms with Crippen molar-refractivity contribution in [3.63, 3.8) is 0 Å². The van der Waals surface area contributed by atoms with Crippen molar-refractivity contribution in [3.8, 4) is 0 Å². The summed E-state index contributed by atoms with van der Waals surface area (Å²) in [5.74, 6) is -2.60. The number of amidine groups is 1. The summed E-state index contributed by atoms with van der Waals surface area (Å²) in [6, 6.07) is 1.79. The summed E-state index contributed by atoms with van der Waals surface area (Å²) in [5.41, 5.74) is 4.41. The van der Waals surface area contributed by atoms with Crippen LogP contribution in [0.3, 0.4) is 0 Å². The molecule has 116 valence electrons. The number of benzene rings is 1. The first-order valence-corrected chi connectivity index (χ1v) is 6.57. The molecule has 0 aliphatic heterocycles. The topological polar surface area (TPSA) is 87.7 Å². The SMILES string of the molecule is CCC(CC)(NC(=O)c1cc(C)c(F)cc1F)/C(N)=N/O. The number of nitrogens with two attached hydrogens (primary N) is 1. The Hall–Kier alpha value is -2.18. The predicted octanol–water partition coefficient (Wildman–Crippen LogP) is 2.31. The molecule has 4 N–H and O–H groups in total. The molecule has 21 heavy (non-hydrogen) atoms. The second-order valence-electron chi connectivity index (χ2n) is 4.81. The molecule has 0 unspecified atom stereocenters. The van der Waals surface area contributed by atoms with Gasteiger partial charge in [0.1, 0.15) is 17.2 Å². The summed E-state index contributed by atoms with van der Waals surface area (Å²) >= 11 is 0. The first-order valence-electron chi connectivity index (χ1n) is 6.57. The number of carbonyl (C=O) groups excluding carboxylic acids is 1. The normalized spacial score (nSPS) is 12.3. The molecule has 0 spiro atoms. The van der Waals surface area contributed by atoms with Crippen molar-refractivity contribution in [3.05, 3.63) is 34.9 Å². The molecule has 1 amide bonds. The molecule has 7 heteroatoms. The van der Waals surface area contributed by atoms with Crippen molar-refractivity contribution in [1.82, 2.24) is 5.32 Å². The molecular formula is C14H19F2N3O2. The number of nitrogens with zero attached hydrogens (tertiary/aromatic N) is 1. The molecule has 0 bridgehead atoms. The van der Waals surface area contributed by atoms with Crippen molar-refractivity contribution in [2.24, 2.45) is 10.9 Å². The standard InChI is InChI=1S/C14H19F2N3O2/c1-4-14(5-2,13(17)19-21)18-12(20)9-6-8(3)10(15)7-11(9)16/h6-7,21H,4-5H2,1-3H3,(H2,17,19)(H,18,20). The van der Waals surface area contributed by atoms with Crippen molar-refractivity contribution in [1.29, 1.82) is 0 Å². The van der Waals surface area contributed by atoms with Gasteiger partial charge in [0.25, 0.3) is 5.91 Å². The fraction of sp³-hybridized carbons (Fsp3) is 0.429. The van der Waals surface area contributed by atoms with Crippen LogP contribution in [0.15, 0.2) is 17.3 Å². The zero-order chi connectivity index (χ0) is 16.2. The lowest BCUT2D eigenvalue weighted by Crippen LogP contribution is -2.57. The van der Waals surface area contributed by atoms with Gasteiger partial charge in [0.05, 0.1) is 5.56 Å². The highest BCUT2D eigenvalue weighted by Gasteiger charge is 2.34. The molecule has 1 aromatic carbocycles. The van der Waals surface area contributed by atoms with E-state index in [1.54, 1.807) is 13.8 Å². The summed E-state index contributed by atoms with van der Waals surface area (Å²) in [5, 5.41) is 14.3. The minimum Gasteiger partial charge on any atom is -0.409 e. The van der Waals surface area contributed by atoms with Crippen molar-refractivity contribution in [2.75, 3.05) is 0 Å². The minimum atomic E-state index is -1.08. The molecule has 1 rings (SSSR count). The average molecular weight is 299 g/mol. The van der Waals surface area contributed by atoms with Crippen LogP contribution in [0, 0.1) is 18.6 Å². The van der Waals surface area contributed by atoms with Crippen LogP contribution in [0.25, 0.3) is 0 Å². The van der Waals surface area contributed by atoms with Gasteiger partial charge < -0.3 is 16.3 Å². The van der Waals surface area contributed by atoms with Gasteiger partial charge >= 0.3 is 0 Å². The number of hydrogen-bond donors (Lipinski definition) is 3. The first-order chi connectivity index (χ1) is 9.81. The van der Waals surface area contributed by atoms with E-state index in [0.29, 0.717) is 18.9 Å². The molecule has 0 atom stereocenters. The molecule has 0 aliphatic rings. The number of halogens is 2. The first kappa shape index (κ1) is 16.9. The maximum absolute atomic E-state index is 13.7. The Bertz CT molecular complexity index is 570. The van der Waals surface area contributed by atoms with Gasteiger partial charge in [-0.2, -0.15) is 0 Å². The van der Waals surface area contributed by atoms with E-state index in [-0.39, 0.29) is 17.0 Å². The Balaban J connectivity index is 3.17. The molecule has 0 aliphatic carbocycles. The van der Waals surface area contributed by atoms with Gasteiger partial charge in [-0.25, -0.2) is 8.78 Å². The zero-order valence-corrected chi connectivity index (χ0v) is 12.2. The Morgan fingerprint density at radius 2 is 1.90 bits per heavy atom. The van der Waals surface area contributed by atoms with Gasteiger partial charge in [-0.1, -0.05) is 19.0 Å². The maximum atomic E-state index is 13.7. The number of hydrogen-bond acceptors (Lipinski definition) is 3. The van der Waals surface area contributed by atoms with Gasteiger partial charge in [0.15, 0.2) is 5.84 Å². The maximum Gasteiger partial charge on any atom is 0.255 e. The monoisotopic (exact) mass is 299 g/mol. The Labute approximate surface area is 121 Å². The Kier molecular flexibility index (Phi) is 5.23. The number of oxime groups is 1. The van der Waals surface area contributed by atoms with Crippen LogP contribution >= 0.6 is 0 Å². The summed E-state index contributed by atoms with van der Waals surface area (Å²) in [6.45, 7) is 4.92. The molecule has 0 fully saturated rings. The van der Waals surface area contributed by atoms with Crippen LogP contribution in [-0.4, -0.2) is 22.5 Å². The van der Waals surface area contributed by atoms with Crippen LogP contribution in [0.5, 0.6) is 0 Å². The van der Waals surface area contributed by atoms with E-state index in [1.807, 2.05) is 0 Å². The van der Waals surface area contributed by atoms with E-state index >= 15 is 0 Å². The van der Waals surface area contributed by atoms with Gasteiger partial charge in [-0.15, -0.1) is 0 Å². The van der Waals surface area contributed by atoms with E-state index < -0.39 is 23.1 Å². The van der Waals surface area contributed by atoms with E-state index in [2.05, 4.69) is 10.5 Å². The van der Waals surface area contributed by atoms with E-state index in [4.69, 9.17) is 10.9 Å². The van der Waals surface area contributed by atoms with Crippen molar-refractivity contribution >= 4 is 11.7 Å². The predicted molar refractivity (Wildman–Crippen MR) is 75.3 cm³/mol. The third kappa shape index (κ3) is 3.29. The van der Waals surface area contributed by atoms with Crippen LogP contribution < -0.4 is 11.1 Å². The third-order valence-corrected chi connectivity index (χ3v) is 3.65. The summed E-state index contributed by atoms with van der Waals surface area (Å²) in [6.07, 6.45) is 0.708. The van der Waals surface area contributed by atoms with Gasteiger partial charge in [-0.3, -0.25) is 4.79 Å². The largest absolute Gasteiger partial charge is 0.409 e. The highest BCUT2D eigenvalue weighted by Crippen LogP contribution is 2.19. The smallest absolute Gasteiger partial charge is 0.255 e. The highest BCUT2D eigenvalue weighted by molar-refractivity contribution is 6.00. The number of aryl methyl sites for hydroxylation is 1. The lowest BCUT2D eigenvalue weighted by atomic mass is 9.91. The van der Waals surface area contributed by atoms with Crippen LogP contribution in [0.1, 0.15) is 42.6 Å². The highest BCUT2D eigenvalue weighted by atomic mass is 19.1. The number of nitrogens with one attached hydrogen (secondary N) is 1. The number of rotatable bonds is 5. The van der Waals surface area contributed by atoms with Crippen molar-refractivity contribution < 1.29 is 18.8 Å². The fourth-order valence-electron chi connectivity index (χ4n) is 2.06. The average Bonchev–Trinajstić information content (AvgIpc) is 2.47. The van der Waals surface area contributed by atoms with Gasteiger partial charge in [0.2, 0.25) is 0 Å². The van der Waals surface area contributed by atoms with E-state index in [9.17, 15) is 13.6 Å². The minimum absolute atomic E-state index is 0.156.